The molecule has 3 atom stereocenters. The second kappa shape index (κ2) is 4.92. The number of aromatic nitrogens is 1. The average Bonchev–Trinajstić information content (AvgIpc) is 2.77. The Bertz CT molecular complexity index is 359. The number of nitrogens with one attached hydrogen (secondary N) is 1. The third-order valence-corrected chi connectivity index (χ3v) is 4.00. The first kappa shape index (κ1) is 12.8. The van der Waals surface area contributed by atoms with Crippen LogP contribution in [0.1, 0.15) is 18.5 Å². The van der Waals surface area contributed by atoms with Gasteiger partial charge in [-0.25, -0.2) is 0 Å². The van der Waals surface area contributed by atoms with Crippen molar-refractivity contribution >= 4 is 12.4 Å². The summed E-state index contributed by atoms with van der Waals surface area (Å²) in [7, 11) is 0. The first-order valence-electron chi connectivity index (χ1n) is 6.08. The van der Waals surface area contributed by atoms with Crippen molar-refractivity contribution in [2.75, 3.05) is 13.1 Å². The van der Waals surface area contributed by atoms with E-state index in [9.17, 15) is 5.11 Å². The van der Waals surface area contributed by atoms with Crippen LogP contribution in [0.2, 0.25) is 0 Å². The van der Waals surface area contributed by atoms with Crippen molar-refractivity contribution in [1.29, 1.82) is 0 Å². The molecule has 0 bridgehead atoms. The van der Waals surface area contributed by atoms with Crippen LogP contribution in [-0.4, -0.2) is 28.8 Å². The fourth-order valence-electron chi connectivity index (χ4n) is 3.31. The van der Waals surface area contributed by atoms with Crippen LogP contribution in [-0.2, 0) is 6.42 Å². The van der Waals surface area contributed by atoms with Crippen molar-refractivity contribution in [2.45, 2.75) is 24.9 Å². The summed E-state index contributed by atoms with van der Waals surface area (Å²) in [6, 6.07) is 5.91. The van der Waals surface area contributed by atoms with Crippen molar-refractivity contribution in [3.8, 4) is 0 Å². The summed E-state index contributed by atoms with van der Waals surface area (Å²) in [5.74, 6) is 1.35. The molecule has 2 heterocycles. The zero-order valence-corrected chi connectivity index (χ0v) is 10.6. The van der Waals surface area contributed by atoms with E-state index in [0.717, 1.165) is 31.6 Å². The molecule has 2 fully saturated rings. The number of hydrogen-bond donors (Lipinski definition) is 2. The largest absolute Gasteiger partial charge is 0.389 e. The number of halogens is 1. The Labute approximate surface area is 108 Å². The normalized spacial score (nSPS) is 35.4. The first-order chi connectivity index (χ1) is 7.75. The van der Waals surface area contributed by atoms with Crippen LogP contribution in [0.15, 0.2) is 24.4 Å². The van der Waals surface area contributed by atoms with Crippen LogP contribution < -0.4 is 5.32 Å². The molecule has 1 saturated carbocycles. The number of rotatable bonds is 2. The summed E-state index contributed by atoms with van der Waals surface area (Å²) < 4.78 is 0. The van der Waals surface area contributed by atoms with E-state index in [1.807, 2.05) is 18.2 Å². The van der Waals surface area contributed by atoms with Gasteiger partial charge in [0.05, 0.1) is 5.60 Å². The van der Waals surface area contributed by atoms with E-state index in [0.29, 0.717) is 18.3 Å². The van der Waals surface area contributed by atoms with E-state index < -0.39 is 5.60 Å². The third-order valence-electron chi connectivity index (χ3n) is 4.00. The second-order valence-corrected chi connectivity index (χ2v) is 5.31. The highest BCUT2D eigenvalue weighted by molar-refractivity contribution is 5.85. The molecule has 0 aromatic carbocycles. The molecule has 2 N–H and O–H groups in total. The van der Waals surface area contributed by atoms with Crippen molar-refractivity contribution in [3.63, 3.8) is 0 Å². The predicted molar refractivity (Wildman–Crippen MR) is 69.2 cm³/mol. The van der Waals surface area contributed by atoms with E-state index in [1.165, 1.54) is 0 Å². The van der Waals surface area contributed by atoms with Crippen LogP contribution in [0.5, 0.6) is 0 Å². The molecule has 1 aliphatic heterocycles. The maximum absolute atomic E-state index is 10.6. The second-order valence-electron chi connectivity index (χ2n) is 5.31. The molecule has 1 aromatic heterocycles. The van der Waals surface area contributed by atoms with E-state index in [4.69, 9.17) is 0 Å². The molecule has 2 aliphatic rings. The highest BCUT2D eigenvalue weighted by Crippen LogP contribution is 2.42. The van der Waals surface area contributed by atoms with Crippen LogP contribution in [0.3, 0.4) is 0 Å². The molecule has 1 aliphatic carbocycles. The molecule has 1 unspecified atom stereocenters. The fourth-order valence-corrected chi connectivity index (χ4v) is 3.31. The van der Waals surface area contributed by atoms with Gasteiger partial charge in [-0.05, 0) is 49.9 Å². The summed E-state index contributed by atoms with van der Waals surface area (Å²) in [6.07, 6.45) is 4.37. The Kier molecular flexibility index (Phi) is 3.71. The summed E-state index contributed by atoms with van der Waals surface area (Å²) in [5, 5.41) is 14.0. The van der Waals surface area contributed by atoms with Gasteiger partial charge in [0.15, 0.2) is 0 Å². The lowest BCUT2D eigenvalue weighted by Crippen LogP contribution is -2.31. The molecule has 0 spiro atoms. The minimum Gasteiger partial charge on any atom is -0.389 e. The summed E-state index contributed by atoms with van der Waals surface area (Å²) in [4.78, 5) is 4.31. The fraction of sp³-hybridized carbons (Fsp3) is 0.615. The van der Waals surface area contributed by atoms with Crippen molar-refractivity contribution < 1.29 is 5.11 Å². The highest BCUT2D eigenvalue weighted by Gasteiger charge is 2.45. The van der Waals surface area contributed by atoms with Gasteiger partial charge in [-0.3, -0.25) is 4.98 Å². The van der Waals surface area contributed by atoms with Gasteiger partial charge in [-0.15, -0.1) is 12.4 Å². The summed E-state index contributed by atoms with van der Waals surface area (Å²) in [6.45, 7) is 2.16. The number of fused-ring (bicyclic) bond motifs is 1. The predicted octanol–water partition coefficient (Wildman–Crippen LogP) is 1.41. The van der Waals surface area contributed by atoms with Gasteiger partial charge in [0.2, 0.25) is 0 Å². The Morgan fingerprint density at radius 1 is 1.29 bits per heavy atom. The molecule has 0 radical (unpaired) electrons. The van der Waals surface area contributed by atoms with Crippen molar-refractivity contribution in [1.82, 2.24) is 10.3 Å². The number of pyridine rings is 1. The Hall–Kier alpha value is -0.640. The van der Waals surface area contributed by atoms with Gasteiger partial charge in [0.25, 0.3) is 0 Å². The third kappa shape index (κ3) is 2.62. The van der Waals surface area contributed by atoms with Crippen LogP contribution in [0.4, 0.5) is 0 Å². The Morgan fingerprint density at radius 2 is 2.00 bits per heavy atom. The number of aliphatic hydroxyl groups is 1. The number of hydrogen-bond acceptors (Lipinski definition) is 3. The molecule has 94 valence electrons. The molecule has 3 nitrogen and oxygen atoms in total. The lowest BCUT2D eigenvalue weighted by Gasteiger charge is -2.23. The monoisotopic (exact) mass is 254 g/mol. The molecule has 1 saturated heterocycles. The van der Waals surface area contributed by atoms with E-state index in [1.54, 1.807) is 6.20 Å². The van der Waals surface area contributed by atoms with Crippen LogP contribution in [0.25, 0.3) is 0 Å². The average molecular weight is 255 g/mol. The quantitative estimate of drug-likeness (QED) is 0.839. The van der Waals surface area contributed by atoms with Gasteiger partial charge in [-0.1, -0.05) is 6.07 Å². The maximum atomic E-state index is 10.6. The molecule has 4 heteroatoms. The van der Waals surface area contributed by atoms with Crippen molar-refractivity contribution in [3.05, 3.63) is 30.1 Å². The minimum atomic E-state index is -0.508. The molecular weight excluding hydrogens is 236 g/mol. The molecular formula is C13H19ClN2O. The van der Waals surface area contributed by atoms with Crippen LogP contribution >= 0.6 is 12.4 Å². The molecule has 0 amide bonds. The van der Waals surface area contributed by atoms with Gasteiger partial charge in [0, 0.05) is 18.3 Å². The summed E-state index contributed by atoms with van der Waals surface area (Å²) >= 11 is 0. The molecule has 17 heavy (non-hydrogen) atoms. The minimum absolute atomic E-state index is 0. The van der Waals surface area contributed by atoms with E-state index >= 15 is 0 Å². The van der Waals surface area contributed by atoms with Gasteiger partial charge < -0.3 is 10.4 Å². The SMILES string of the molecule is Cl.OC1(Cc2ccccn2)C[C@H]2CNC[C@H]2C1. The van der Waals surface area contributed by atoms with Gasteiger partial charge >= 0.3 is 0 Å². The maximum Gasteiger partial charge on any atom is 0.0709 e. The zero-order chi connectivity index (χ0) is 11.0. The Balaban J connectivity index is 0.00000108. The van der Waals surface area contributed by atoms with Gasteiger partial charge in [0.1, 0.15) is 0 Å². The van der Waals surface area contributed by atoms with Gasteiger partial charge in [-0.2, -0.15) is 0 Å². The van der Waals surface area contributed by atoms with Crippen molar-refractivity contribution in [2.24, 2.45) is 11.8 Å². The number of nitrogens with zero attached hydrogens (tertiary/aromatic N) is 1. The standard InChI is InChI=1S/C13H18N2O.ClH/c16-13(7-12-3-1-2-4-15-12)5-10-8-14-9-11(10)6-13;/h1-4,10-11,14,16H,5-9H2;1H/t10-,11+,13?;. The lowest BCUT2D eigenvalue weighted by molar-refractivity contribution is 0.0389. The Morgan fingerprint density at radius 3 is 2.59 bits per heavy atom. The highest BCUT2D eigenvalue weighted by atomic mass is 35.5. The van der Waals surface area contributed by atoms with Crippen LogP contribution in [0, 0.1) is 11.8 Å². The molecule has 1 aromatic rings. The van der Waals surface area contributed by atoms with E-state index in [-0.39, 0.29) is 12.4 Å². The van der Waals surface area contributed by atoms with E-state index in [2.05, 4.69) is 10.3 Å². The summed E-state index contributed by atoms with van der Waals surface area (Å²) in [5.41, 5.74) is 0.504. The zero-order valence-electron chi connectivity index (χ0n) is 9.80. The smallest absolute Gasteiger partial charge is 0.0709 e. The molecule has 3 rings (SSSR count). The first-order valence-corrected chi connectivity index (χ1v) is 6.08. The lowest BCUT2D eigenvalue weighted by atomic mass is 9.94. The topological polar surface area (TPSA) is 45.2 Å².